The van der Waals surface area contributed by atoms with Crippen molar-refractivity contribution < 1.29 is 18.7 Å². The molecule has 0 fully saturated rings. The fourth-order valence-corrected chi connectivity index (χ4v) is 3.70. The molecule has 2 heterocycles. The molecule has 0 bridgehead atoms. The van der Waals surface area contributed by atoms with E-state index >= 15 is 0 Å². The van der Waals surface area contributed by atoms with E-state index in [1.807, 2.05) is 6.07 Å². The lowest BCUT2D eigenvalue weighted by molar-refractivity contribution is 0.104. The van der Waals surface area contributed by atoms with Gasteiger partial charge in [0, 0.05) is 17.3 Å². The third-order valence-corrected chi connectivity index (χ3v) is 5.12. The fourth-order valence-electron chi connectivity index (χ4n) is 2.65. The number of hydrogen-bond donors (Lipinski definition) is 2. The van der Waals surface area contributed by atoms with Crippen LogP contribution in [0.4, 0.5) is 20.8 Å². The summed E-state index contributed by atoms with van der Waals surface area (Å²) in [6.45, 7) is 0.157. The normalized spacial score (nSPS) is 11.9. The van der Waals surface area contributed by atoms with Crippen molar-refractivity contribution in [2.24, 2.45) is 0 Å². The van der Waals surface area contributed by atoms with Crippen molar-refractivity contribution in [3.63, 3.8) is 0 Å². The number of nitrogens with zero attached hydrogens (tertiary/aromatic N) is 1. The molecule has 0 saturated carbocycles. The van der Waals surface area contributed by atoms with Crippen molar-refractivity contribution in [3.05, 3.63) is 64.3 Å². The van der Waals surface area contributed by atoms with Gasteiger partial charge in [-0.25, -0.2) is 4.39 Å². The Morgan fingerprint density at radius 1 is 1.19 bits per heavy atom. The number of carbonyl (C=O) groups is 1. The van der Waals surface area contributed by atoms with Gasteiger partial charge < -0.3 is 20.5 Å². The summed E-state index contributed by atoms with van der Waals surface area (Å²) < 4.78 is 23.7. The highest BCUT2D eigenvalue weighted by Crippen LogP contribution is 2.40. The van der Waals surface area contributed by atoms with Gasteiger partial charge in [-0.1, -0.05) is 0 Å². The maximum atomic E-state index is 13.1. The monoisotopic (exact) mass is 381 g/mol. The van der Waals surface area contributed by atoms with Crippen LogP contribution < -0.4 is 20.5 Å². The molecule has 1 aliphatic rings. The second kappa shape index (κ2) is 6.63. The summed E-state index contributed by atoms with van der Waals surface area (Å²) in [7, 11) is 0. The molecule has 1 aromatic heterocycles. The van der Waals surface area contributed by atoms with E-state index in [0.29, 0.717) is 27.8 Å². The molecule has 8 heteroatoms. The molecule has 0 atom stereocenters. The highest BCUT2D eigenvalue weighted by Gasteiger charge is 2.23. The Morgan fingerprint density at radius 2 is 1.93 bits per heavy atom. The number of anilines is 3. The molecular formula is C19H12FN3O3S. The Labute approximate surface area is 157 Å². The van der Waals surface area contributed by atoms with E-state index < -0.39 is 5.82 Å². The summed E-state index contributed by atoms with van der Waals surface area (Å²) >= 11 is 1.07. The number of halogens is 1. The predicted octanol–water partition coefficient (Wildman–Crippen LogP) is 4.04. The number of hydrogen-bond acceptors (Lipinski definition) is 7. The molecule has 2 aromatic carbocycles. The number of nitrogens with one attached hydrogen (secondary N) is 1. The van der Waals surface area contributed by atoms with Crippen LogP contribution in [0.2, 0.25) is 0 Å². The maximum Gasteiger partial charge on any atom is 0.231 e. The first-order chi connectivity index (χ1) is 13.1. The van der Waals surface area contributed by atoms with E-state index in [4.69, 9.17) is 15.2 Å². The summed E-state index contributed by atoms with van der Waals surface area (Å²) in [5, 5.41) is 13.0. The van der Waals surface area contributed by atoms with Crippen LogP contribution in [-0.2, 0) is 0 Å². The highest BCUT2D eigenvalue weighted by molar-refractivity contribution is 7.19. The molecule has 27 heavy (non-hydrogen) atoms. The fraction of sp³-hybridized carbons (Fsp3) is 0.0526. The van der Waals surface area contributed by atoms with E-state index in [0.717, 1.165) is 11.3 Å². The van der Waals surface area contributed by atoms with E-state index in [9.17, 15) is 14.4 Å². The quantitative estimate of drug-likeness (QED) is 0.662. The maximum absolute atomic E-state index is 13.1. The zero-order valence-corrected chi connectivity index (χ0v) is 14.6. The molecule has 0 amide bonds. The van der Waals surface area contributed by atoms with Crippen LogP contribution in [0.5, 0.6) is 11.5 Å². The molecule has 3 N–H and O–H groups in total. The summed E-state index contributed by atoms with van der Waals surface area (Å²) in [5.74, 6) is 0.422. The second-order valence-electron chi connectivity index (χ2n) is 5.69. The highest BCUT2D eigenvalue weighted by atomic mass is 32.1. The average molecular weight is 381 g/mol. The summed E-state index contributed by atoms with van der Waals surface area (Å²) in [6.07, 6.45) is 0. The third-order valence-electron chi connectivity index (χ3n) is 4.00. The zero-order valence-electron chi connectivity index (χ0n) is 13.8. The van der Waals surface area contributed by atoms with Crippen LogP contribution >= 0.6 is 11.3 Å². The summed E-state index contributed by atoms with van der Waals surface area (Å²) in [6, 6.07) is 12.5. The Kier molecular flexibility index (Phi) is 4.14. The molecule has 134 valence electrons. The van der Waals surface area contributed by atoms with E-state index in [2.05, 4.69) is 5.32 Å². The number of nitriles is 1. The van der Waals surface area contributed by atoms with Crippen molar-refractivity contribution >= 4 is 33.5 Å². The van der Waals surface area contributed by atoms with Gasteiger partial charge in [0.25, 0.3) is 0 Å². The van der Waals surface area contributed by atoms with Crippen LogP contribution in [0.15, 0.2) is 42.5 Å². The number of carbonyl (C=O) groups excluding carboxylic acids is 1. The van der Waals surface area contributed by atoms with Crippen molar-refractivity contribution in [2.75, 3.05) is 17.8 Å². The van der Waals surface area contributed by atoms with Gasteiger partial charge in [0.1, 0.15) is 27.3 Å². The number of rotatable bonds is 4. The van der Waals surface area contributed by atoms with Gasteiger partial charge in [-0.05, 0) is 36.4 Å². The lowest BCUT2D eigenvalue weighted by Gasteiger charge is -2.05. The number of fused-ring (bicyclic) bond motifs is 1. The minimum atomic E-state index is -0.437. The number of nitrogens with two attached hydrogens (primary N) is 1. The molecule has 0 spiro atoms. The standard InChI is InChI=1S/C19H12FN3O3S/c20-11-3-1-10(2-4-11)17(24)18-16(22)13(8-21)19(27-18)23-12-5-6-14-15(7-12)26-9-25-14/h1-7,23H,9,22H2. The van der Waals surface area contributed by atoms with E-state index in [1.54, 1.807) is 18.2 Å². The van der Waals surface area contributed by atoms with Crippen LogP contribution in [0, 0.1) is 17.1 Å². The van der Waals surface area contributed by atoms with Crippen molar-refractivity contribution in [3.8, 4) is 17.6 Å². The van der Waals surface area contributed by atoms with Gasteiger partial charge >= 0.3 is 0 Å². The number of ketones is 1. The van der Waals surface area contributed by atoms with Crippen molar-refractivity contribution in [1.29, 1.82) is 5.26 Å². The lowest BCUT2D eigenvalue weighted by atomic mass is 10.1. The molecule has 3 aromatic rings. The SMILES string of the molecule is N#Cc1c(Nc2ccc3c(c2)OCO3)sc(C(=O)c2ccc(F)cc2)c1N. The molecule has 0 radical (unpaired) electrons. The molecule has 4 rings (SSSR count). The summed E-state index contributed by atoms with van der Waals surface area (Å²) in [4.78, 5) is 12.9. The van der Waals surface area contributed by atoms with E-state index in [1.165, 1.54) is 24.3 Å². The molecular weight excluding hydrogens is 369 g/mol. The number of thiophene rings is 1. The molecule has 0 unspecified atom stereocenters. The zero-order chi connectivity index (χ0) is 19.0. The van der Waals surface area contributed by atoms with Gasteiger partial charge in [-0.3, -0.25) is 4.79 Å². The van der Waals surface area contributed by atoms with Crippen molar-refractivity contribution in [2.45, 2.75) is 0 Å². The van der Waals surface area contributed by atoms with Crippen molar-refractivity contribution in [1.82, 2.24) is 0 Å². The van der Waals surface area contributed by atoms with Gasteiger partial charge in [0.15, 0.2) is 11.5 Å². The number of ether oxygens (including phenoxy) is 2. The first-order valence-electron chi connectivity index (χ1n) is 7.86. The molecule has 6 nitrogen and oxygen atoms in total. The Balaban J connectivity index is 1.68. The first kappa shape index (κ1) is 16.9. The number of nitrogen functional groups attached to an aromatic ring is 1. The minimum absolute atomic E-state index is 0.0973. The smallest absolute Gasteiger partial charge is 0.231 e. The topological polar surface area (TPSA) is 97.4 Å². The third kappa shape index (κ3) is 3.05. The van der Waals surface area contributed by atoms with Gasteiger partial charge in [-0.15, -0.1) is 11.3 Å². The van der Waals surface area contributed by atoms with Crippen LogP contribution in [0.25, 0.3) is 0 Å². The summed E-state index contributed by atoms with van der Waals surface area (Å²) in [5.41, 5.74) is 7.28. The largest absolute Gasteiger partial charge is 0.454 e. The first-order valence-corrected chi connectivity index (χ1v) is 8.68. The number of benzene rings is 2. The van der Waals surface area contributed by atoms with Gasteiger partial charge in [-0.2, -0.15) is 5.26 Å². The van der Waals surface area contributed by atoms with Crippen LogP contribution in [0.1, 0.15) is 20.8 Å². The van der Waals surface area contributed by atoms with E-state index in [-0.39, 0.29) is 28.7 Å². The van der Waals surface area contributed by atoms with Crippen LogP contribution in [0.3, 0.4) is 0 Å². The Morgan fingerprint density at radius 3 is 2.67 bits per heavy atom. The minimum Gasteiger partial charge on any atom is -0.454 e. The van der Waals surface area contributed by atoms with Crippen LogP contribution in [-0.4, -0.2) is 12.6 Å². The van der Waals surface area contributed by atoms with Gasteiger partial charge in [0.05, 0.1) is 5.69 Å². The lowest BCUT2D eigenvalue weighted by Crippen LogP contribution is -2.02. The molecule has 0 aliphatic carbocycles. The second-order valence-corrected chi connectivity index (χ2v) is 6.71. The Hall–Kier alpha value is -3.57. The molecule has 1 aliphatic heterocycles. The van der Waals surface area contributed by atoms with Gasteiger partial charge in [0.2, 0.25) is 12.6 Å². The Bertz CT molecular complexity index is 1090. The predicted molar refractivity (Wildman–Crippen MR) is 99.1 cm³/mol. The average Bonchev–Trinajstić information content (AvgIpc) is 3.25. The molecule has 0 saturated heterocycles.